The number of carbonyl (C=O) groups is 2. The van der Waals surface area contributed by atoms with Crippen molar-refractivity contribution in [3.63, 3.8) is 0 Å². The van der Waals surface area contributed by atoms with Crippen LogP contribution in [-0.4, -0.2) is 18.9 Å². The van der Waals surface area contributed by atoms with Crippen LogP contribution < -0.4 is 0 Å². The number of methoxy groups -OCH3 is 1. The molecule has 0 bridgehead atoms. The normalized spacial score (nSPS) is 35.8. The molecule has 0 heterocycles. The fourth-order valence-electron chi connectivity index (χ4n) is 3.10. The summed E-state index contributed by atoms with van der Waals surface area (Å²) in [5.74, 6) is 0.624. The first-order valence-corrected chi connectivity index (χ1v) is 5.83. The Morgan fingerprint density at radius 3 is 2.80 bits per heavy atom. The number of hydrogen-bond acceptors (Lipinski definition) is 3. The number of esters is 1. The highest BCUT2D eigenvalue weighted by Crippen LogP contribution is 2.41. The van der Waals surface area contributed by atoms with Crippen LogP contribution in [-0.2, 0) is 14.3 Å². The monoisotopic (exact) mass is 210 g/mol. The lowest BCUT2D eigenvalue weighted by atomic mass is 9.67. The molecule has 3 nitrogen and oxygen atoms in total. The molecule has 0 unspecified atom stereocenters. The van der Waals surface area contributed by atoms with Gasteiger partial charge in [-0.2, -0.15) is 0 Å². The van der Waals surface area contributed by atoms with E-state index in [1.165, 1.54) is 20.0 Å². The standard InChI is InChI=1S/C12H18O3/c1-15-12(14)9-6-8-4-2-3-5-10(8)11(13)7-9/h8-10H,2-7H2,1H3/t8-,9+,10-/m1/s1. The summed E-state index contributed by atoms with van der Waals surface area (Å²) in [6.45, 7) is 0. The Labute approximate surface area is 90.2 Å². The van der Waals surface area contributed by atoms with Crippen LogP contribution >= 0.6 is 0 Å². The van der Waals surface area contributed by atoms with Crippen LogP contribution in [0.5, 0.6) is 0 Å². The van der Waals surface area contributed by atoms with E-state index >= 15 is 0 Å². The fourth-order valence-corrected chi connectivity index (χ4v) is 3.10. The lowest BCUT2D eigenvalue weighted by Crippen LogP contribution is -2.38. The van der Waals surface area contributed by atoms with Gasteiger partial charge in [0.2, 0.25) is 0 Å². The average molecular weight is 210 g/mol. The highest BCUT2D eigenvalue weighted by atomic mass is 16.5. The van der Waals surface area contributed by atoms with Crippen LogP contribution in [0.25, 0.3) is 0 Å². The molecule has 2 rings (SSSR count). The molecule has 0 aromatic heterocycles. The molecule has 15 heavy (non-hydrogen) atoms. The number of fused-ring (bicyclic) bond motifs is 1. The maximum Gasteiger partial charge on any atom is 0.309 e. The predicted molar refractivity (Wildman–Crippen MR) is 55.2 cm³/mol. The number of rotatable bonds is 1. The van der Waals surface area contributed by atoms with Gasteiger partial charge in [-0.1, -0.05) is 12.8 Å². The van der Waals surface area contributed by atoms with Crippen molar-refractivity contribution in [2.24, 2.45) is 17.8 Å². The molecular formula is C12H18O3. The molecule has 0 saturated heterocycles. The quantitative estimate of drug-likeness (QED) is 0.621. The summed E-state index contributed by atoms with van der Waals surface area (Å²) in [5.41, 5.74) is 0. The maximum atomic E-state index is 11.9. The van der Waals surface area contributed by atoms with Crippen molar-refractivity contribution in [2.45, 2.75) is 38.5 Å². The molecule has 3 atom stereocenters. The third-order valence-corrected chi connectivity index (χ3v) is 3.89. The van der Waals surface area contributed by atoms with Crippen LogP contribution in [0.15, 0.2) is 0 Å². The van der Waals surface area contributed by atoms with Crippen LogP contribution in [0, 0.1) is 17.8 Å². The zero-order valence-corrected chi connectivity index (χ0v) is 9.20. The lowest BCUT2D eigenvalue weighted by molar-refractivity contribution is -0.151. The Morgan fingerprint density at radius 2 is 2.07 bits per heavy atom. The van der Waals surface area contributed by atoms with Gasteiger partial charge < -0.3 is 4.74 Å². The molecular weight excluding hydrogens is 192 g/mol. The second kappa shape index (κ2) is 4.33. The Balaban J connectivity index is 2.05. The van der Waals surface area contributed by atoms with E-state index in [0.717, 1.165) is 19.3 Å². The smallest absolute Gasteiger partial charge is 0.309 e. The third kappa shape index (κ3) is 2.06. The number of hydrogen-bond donors (Lipinski definition) is 0. The molecule has 0 radical (unpaired) electrons. The highest BCUT2D eigenvalue weighted by Gasteiger charge is 2.40. The van der Waals surface area contributed by atoms with E-state index in [9.17, 15) is 9.59 Å². The molecule has 0 spiro atoms. The SMILES string of the molecule is COC(=O)[C@@H]1CC(=O)[C@@H]2CCCC[C@@H]2C1. The van der Waals surface area contributed by atoms with Gasteiger partial charge in [0.15, 0.2) is 0 Å². The van der Waals surface area contributed by atoms with Crippen molar-refractivity contribution >= 4 is 11.8 Å². The molecule has 0 aromatic carbocycles. The molecule has 3 heteroatoms. The maximum absolute atomic E-state index is 11.9. The van der Waals surface area contributed by atoms with Crippen molar-refractivity contribution in [1.29, 1.82) is 0 Å². The van der Waals surface area contributed by atoms with Gasteiger partial charge in [0, 0.05) is 12.3 Å². The van der Waals surface area contributed by atoms with E-state index in [1.54, 1.807) is 0 Å². The minimum absolute atomic E-state index is 0.165. The van der Waals surface area contributed by atoms with Crippen molar-refractivity contribution in [2.75, 3.05) is 7.11 Å². The van der Waals surface area contributed by atoms with Gasteiger partial charge in [-0.3, -0.25) is 9.59 Å². The second-order valence-corrected chi connectivity index (χ2v) is 4.78. The molecule has 0 aromatic rings. The summed E-state index contributed by atoms with van der Waals surface area (Å²) >= 11 is 0. The van der Waals surface area contributed by atoms with E-state index in [2.05, 4.69) is 0 Å². The molecule has 0 amide bonds. The molecule has 2 saturated carbocycles. The molecule has 2 fully saturated rings. The Hall–Kier alpha value is -0.860. The minimum atomic E-state index is -0.202. The Morgan fingerprint density at radius 1 is 1.33 bits per heavy atom. The summed E-state index contributed by atoms with van der Waals surface area (Å²) in [4.78, 5) is 23.3. The molecule has 0 aliphatic heterocycles. The van der Waals surface area contributed by atoms with E-state index in [0.29, 0.717) is 18.1 Å². The van der Waals surface area contributed by atoms with Crippen molar-refractivity contribution in [3.05, 3.63) is 0 Å². The van der Waals surface area contributed by atoms with Gasteiger partial charge >= 0.3 is 5.97 Å². The molecule has 84 valence electrons. The average Bonchev–Trinajstić information content (AvgIpc) is 2.28. The third-order valence-electron chi connectivity index (χ3n) is 3.89. The lowest BCUT2D eigenvalue weighted by Gasteiger charge is -2.37. The number of ether oxygens (including phenoxy) is 1. The zero-order valence-electron chi connectivity index (χ0n) is 9.20. The van der Waals surface area contributed by atoms with Gasteiger partial charge in [0.25, 0.3) is 0 Å². The molecule has 2 aliphatic rings. The van der Waals surface area contributed by atoms with E-state index in [-0.39, 0.29) is 17.8 Å². The van der Waals surface area contributed by atoms with Gasteiger partial charge in [-0.15, -0.1) is 0 Å². The van der Waals surface area contributed by atoms with Gasteiger partial charge in [-0.05, 0) is 25.2 Å². The second-order valence-electron chi connectivity index (χ2n) is 4.78. The van der Waals surface area contributed by atoms with E-state index < -0.39 is 0 Å². The summed E-state index contributed by atoms with van der Waals surface area (Å²) in [7, 11) is 1.40. The minimum Gasteiger partial charge on any atom is -0.469 e. The first kappa shape index (κ1) is 10.7. The van der Waals surface area contributed by atoms with Crippen LogP contribution in [0.3, 0.4) is 0 Å². The Bertz CT molecular complexity index is 272. The predicted octanol–water partition coefficient (Wildman–Crippen LogP) is 1.94. The van der Waals surface area contributed by atoms with Crippen molar-refractivity contribution in [1.82, 2.24) is 0 Å². The van der Waals surface area contributed by atoms with Crippen LogP contribution in [0.1, 0.15) is 38.5 Å². The van der Waals surface area contributed by atoms with Crippen molar-refractivity contribution < 1.29 is 14.3 Å². The first-order valence-electron chi connectivity index (χ1n) is 5.83. The van der Waals surface area contributed by atoms with E-state index in [4.69, 9.17) is 4.74 Å². The summed E-state index contributed by atoms with van der Waals surface area (Å²) in [6.07, 6.45) is 5.82. The summed E-state index contributed by atoms with van der Waals surface area (Å²) in [5, 5.41) is 0. The number of ketones is 1. The van der Waals surface area contributed by atoms with Crippen molar-refractivity contribution in [3.8, 4) is 0 Å². The van der Waals surface area contributed by atoms with Crippen LogP contribution in [0.4, 0.5) is 0 Å². The largest absolute Gasteiger partial charge is 0.469 e. The highest BCUT2D eigenvalue weighted by molar-refractivity contribution is 5.87. The number of carbonyl (C=O) groups excluding carboxylic acids is 2. The summed E-state index contributed by atoms with van der Waals surface area (Å²) < 4.78 is 4.73. The van der Waals surface area contributed by atoms with Crippen LogP contribution in [0.2, 0.25) is 0 Å². The molecule has 2 aliphatic carbocycles. The first-order chi connectivity index (χ1) is 7.22. The van der Waals surface area contributed by atoms with Gasteiger partial charge in [0.1, 0.15) is 5.78 Å². The zero-order chi connectivity index (χ0) is 10.8. The summed E-state index contributed by atoms with van der Waals surface area (Å²) in [6, 6.07) is 0. The molecule has 0 N–H and O–H groups in total. The number of Topliss-reactive ketones (excluding diaryl/α,β-unsaturated/α-hetero) is 1. The Kier molecular flexibility index (Phi) is 3.08. The van der Waals surface area contributed by atoms with Gasteiger partial charge in [-0.25, -0.2) is 0 Å². The van der Waals surface area contributed by atoms with E-state index in [1.807, 2.05) is 0 Å². The fraction of sp³-hybridized carbons (Fsp3) is 0.833. The van der Waals surface area contributed by atoms with Gasteiger partial charge in [0.05, 0.1) is 13.0 Å². The topological polar surface area (TPSA) is 43.4 Å².